The van der Waals surface area contributed by atoms with E-state index in [9.17, 15) is 0 Å². The lowest BCUT2D eigenvalue weighted by Gasteiger charge is -2.02. The Morgan fingerprint density at radius 3 is 2.73 bits per heavy atom. The molecule has 15 heavy (non-hydrogen) atoms. The lowest BCUT2D eigenvalue weighted by molar-refractivity contribution is 0.423. The molecule has 1 heterocycles. The Kier molecular flexibility index (Phi) is 2.56. The SMILES string of the molecule is Cc1ccc(C)c(-c2cc(CN)no2)c1. The number of nitrogens with two attached hydrogens (primary N) is 1. The number of hydrogen-bond donors (Lipinski definition) is 1. The maximum atomic E-state index is 5.49. The van der Waals surface area contributed by atoms with E-state index in [1.807, 2.05) is 6.07 Å². The molecule has 0 aliphatic rings. The molecule has 0 aliphatic carbocycles. The van der Waals surface area contributed by atoms with Gasteiger partial charge in [0.05, 0.1) is 5.69 Å². The molecule has 3 nitrogen and oxygen atoms in total. The predicted octanol–water partition coefficient (Wildman–Crippen LogP) is 2.42. The van der Waals surface area contributed by atoms with Crippen molar-refractivity contribution in [3.05, 3.63) is 41.1 Å². The van der Waals surface area contributed by atoms with E-state index >= 15 is 0 Å². The first kappa shape index (κ1) is 9.93. The number of aromatic nitrogens is 1. The Bertz CT molecular complexity index is 474. The highest BCUT2D eigenvalue weighted by atomic mass is 16.5. The molecule has 0 atom stereocenters. The zero-order valence-corrected chi connectivity index (χ0v) is 8.95. The highest BCUT2D eigenvalue weighted by molar-refractivity contribution is 5.62. The van der Waals surface area contributed by atoms with Gasteiger partial charge in [-0.25, -0.2) is 0 Å². The fourth-order valence-corrected chi connectivity index (χ4v) is 1.54. The van der Waals surface area contributed by atoms with E-state index in [0.717, 1.165) is 17.0 Å². The molecule has 78 valence electrons. The van der Waals surface area contributed by atoms with Crippen molar-refractivity contribution in [1.29, 1.82) is 0 Å². The topological polar surface area (TPSA) is 52.0 Å². The number of nitrogens with zero attached hydrogens (tertiary/aromatic N) is 1. The smallest absolute Gasteiger partial charge is 0.167 e. The minimum Gasteiger partial charge on any atom is -0.356 e. The van der Waals surface area contributed by atoms with E-state index in [0.29, 0.717) is 6.54 Å². The van der Waals surface area contributed by atoms with Gasteiger partial charge in [-0.1, -0.05) is 22.9 Å². The molecule has 2 N–H and O–H groups in total. The van der Waals surface area contributed by atoms with Gasteiger partial charge in [-0.15, -0.1) is 0 Å². The molecule has 0 spiro atoms. The van der Waals surface area contributed by atoms with Gasteiger partial charge in [0.1, 0.15) is 0 Å². The second-order valence-corrected chi connectivity index (χ2v) is 3.70. The third-order valence-corrected chi connectivity index (χ3v) is 2.43. The number of benzene rings is 1. The molecule has 0 amide bonds. The minimum absolute atomic E-state index is 0.411. The molecule has 0 unspecified atom stereocenters. The summed E-state index contributed by atoms with van der Waals surface area (Å²) in [4.78, 5) is 0. The largest absolute Gasteiger partial charge is 0.356 e. The molecule has 0 fully saturated rings. The standard InChI is InChI=1S/C12H14N2O/c1-8-3-4-9(2)11(5-8)12-6-10(7-13)14-15-12/h3-6H,7,13H2,1-2H3. The van der Waals surface area contributed by atoms with Gasteiger partial charge in [-0.3, -0.25) is 0 Å². The van der Waals surface area contributed by atoms with Crippen LogP contribution in [0.3, 0.4) is 0 Å². The van der Waals surface area contributed by atoms with Crippen molar-refractivity contribution in [2.45, 2.75) is 20.4 Å². The second kappa shape index (κ2) is 3.87. The normalized spacial score (nSPS) is 10.6. The molecule has 2 rings (SSSR count). The van der Waals surface area contributed by atoms with Crippen molar-refractivity contribution in [2.24, 2.45) is 5.73 Å². The molecule has 0 saturated heterocycles. The van der Waals surface area contributed by atoms with E-state index in [1.54, 1.807) is 0 Å². The van der Waals surface area contributed by atoms with Crippen LogP contribution >= 0.6 is 0 Å². The Hall–Kier alpha value is -1.61. The third kappa shape index (κ3) is 1.92. The zero-order valence-electron chi connectivity index (χ0n) is 8.95. The molecule has 1 aromatic heterocycles. The average molecular weight is 202 g/mol. The van der Waals surface area contributed by atoms with Gasteiger partial charge in [-0.05, 0) is 25.5 Å². The zero-order chi connectivity index (χ0) is 10.8. The van der Waals surface area contributed by atoms with E-state index in [1.165, 1.54) is 11.1 Å². The van der Waals surface area contributed by atoms with Gasteiger partial charge in [-0.2, -0.15) is 0 Å². The first-order valence-electron chi connectivity index (χ1n) is 4.94. The van der Waals surface area contributed by atoms with Crippen LogP contribution in [0, 0.1) is 13.8 Å². The van der Waals surface area contributed by atoms with E-state index < -0.39 is 0 Å². The van der Waals surface area contributed by atoms with Crippen molar-refractivity contribution in [1.82, 2.24) is 5.16 Å². The quantitative estimate of drug-likeness (QED) is 0.813. The van der Waals surface area contributed by atoms with E-state index in [-0.39, 0.29) is 0 Å². The summed E-state index contributed by atoms with van der Waals surface area (Å²) >= 11 is 0. The molecule has 1 aromatic carbocycles. The predicted molar refractivity (Wildman–Crippen MR) is 59.3 cm³/mol. The first-order valence-corrected chi connectivity index (χ1v) is 4.94. The van der Waals surface area contributed by atoms with Gasteiger partial charge in [0.25, 0.3) is 0 Å². The Morgan fingerprint density at radius 2 is 2.07 bits per heavy atom. The number of hydrogen-bond acceptors (Lipinski definition) is 3. The summed E-state index contributed by atoms with van der Waals surface area (Å²) in [6, 6.07) is 8.15. The summed E-state index contributed by atoms with van der Waals surface area (Å²) < 4.78 is 5.25. The summed E-state index contributed by atoms with van der Waals surface area (Å²) in [7, 11) is 0. The molecule has 0 bridgehead atoms. The van der Waals surface area contributed by atoms with Crippen molar-refractivity contribution in [3.63, 3.8) is 0 Å². The minimum atomic E-state index is 0.411. The summed E-state index contributed by atoms with van der Waals surface area (Å²) in [6.45, 7) is 4.52. The van der Waals surface area contributed by atoms with Crippen LogP contribution in [0.4, 0.5) is 0 Å². The molecular formula is C12H14N2O. The van der Waals surface area contributed by atoms with Crippen LogP contribution in [0.2, 0.25) is 0 Å². The monoisotopic (exact) mass is 202 g/mol. The van der Waals surface area contributed by atoms with E-state index in [2.05, 4.69) is 37.2 Å². The van der Waals surface area contributed by atoms with Crippen LogP contribution in [0.1, 0.15) is 16.8 Å². The maximum Gasteiger partial charge on any atom is 0.167 e. The molecule has 2 aromatic rings. The Morgan fingerprint density at radius 1 is 1.27 bits per heavy atom. The first-order chi connectivity index (χ1) is 7.20. The molecule has 0 saturated carbocycles. The maximum absolute atomic E-state index is 5.49. The van der Waals surface area contributed by atoms with Crippen LogP contribution in [0.5, 0.6) is 0 Å². The highest BCUT2D eigenvalue weighted by Crippen LogP contribution is 2.24. The third-order valence-electron chi connectivity index (χ3n) is 2.43. The van der Waals surface area contributed by atoms with Crippen LogP contribution in [0.15, 0.2) is 28.8 Å². The highest BCUT2D eigenvalue weighted by Gasteiger charge is 2.08. The van der Waals surface area contributed by atoms with Gasteiger partial charge >= 0.3 is 0 Å². The second-order valence-electron chi connectivity index (χ2n) is 3.70. The van der Waals surface area contributed by atoms with Gasteiger partial charge in [0, 0.05) is 18.2 Å². The van der Waals surface area contributed by atoms with Crippen LogP contribution in [0.25, 0.3) is 11.3 Å². The number of rotatable bonds is 2. The molecular weight excluding hydrogens is 188 g/mol. The summed E-state index contributed by atoms with van der Waals surface area (Å²) in [5, 5.41) is 3.88. The molecule has 0 radical (unpaired) electrons. The van der Waals surface area contributed by atoms with Gasteiger partial charge in [0.15, 0.2) is 5.76 Å². The Balaban J connectivity index is 2.48. The summed E-state index contributed by atoms with van der Waals surface area (Å²) in [5.74, 6) is 0.789. The fourth-order valence-electron chi connectivity index (χ4n) is 1.54. The van der Waals surface area contributed by atoms with Crippen molar-refractivity contribution in [2.75, 3.05) is 0 Å². The lowest BCUT2D eigenvalue weighted by Crippen LogP contribution is -1.94. The van der Waals surface area contributed by atoms with Crippen LogP contribution < -0.4 is 5.73 Å². The average Bonchev–Trinajstić information content (AvgIpc) is 2.70. The fraction of sp³-hybridized carbons (Fsp3) is 0.250. The van der Waals surface area contributed by atoms with Gasteiger partial charge < -0.3 is 10.3 Å². The Labute approximate surface area is 88.9 Å². The lowest BCUT2D eigenvalue weighted by atomic mass is 10.0. The summed E-state index contributed by atoms with van der Waals surface area (Å²) in [5.41, 5.74) is 9.75. The molecule has 0 aliphatic heterocycles. The molecule has 3 heteroatoms. The van der Waals surface area contributed by atoms with Crippen molar-refractivity contribution in [3.8, 4) is 11.3 Å². The van der Waals surface area contributed by atoms with Crippen LogP contribution in [-0.4, -0.2) is 5.16 Å². The number of aryl methyl sites for hydroxylation is 2. The van der Waals surface area contributed by atoms with Crippen molar-refractivity contribution >= 4 is 0 Å². The van der Waals surface area contributed by atoms with E-state index in [4.69, 9.17) is 10.3 Å². The van der Waals surface area contributed by atoms with Crippen LogP contribution in [-0.2, 0) is 6.54 Å². The summed E-state index contributed by atoms with van der Waals surface area (Å²) in [6.07, 6.45) is 0. The van der Waals surface area contributed by atoms with Gasteiger partial charge in [0.2, 0.25) is 0 Å². The van der Waals surface area contributed by atoms with Crippen molar-refractivity contribution < 1.29 is 4.52 Å².